The van der Waals surface area contributed by atoms with Gasteiger partial charge in [0.1, 0.15) is 5.75 Å². The summed E-state index contributed by atoms with van der Waals surface area (Å²) < 4.78 is 5.74. The molecule has 0 N–H and O–H groups in total. The largest absolute Gasteiger partial charge is 0.494 e. The first-order valence-corrected chi connectivity index (χ1v) is 14.9. The maximum absolute atomic E-state index is 5.74. The van der Waals surface area contributed by atoms with Crippen LogP contribution in [0.4, 0.5) is 22.7 Å². The second kappa shape index (κ2) is 14.0. The van der Waals surface area contributed by atoms with Gasteiger partial charge in [-0.05, 0) is 98.0 Å². The van der Waals surface area contributed by atoms with E-state index in [2.05, 4.69) is 70.7 Å². The van der Waals surface area contributed by atoms with Gasteiger partial charge in [-0.1, -0.05) is 69.5 Å². The minimum Gasteiger partial charge on any atom is -0.494 e. The van der Waals surface area contributed by atoms with E-state index in [0.717, 1.165) is 64.6 Å². The molecule has 0 unspecified atom stereocenters. The molecule has 0 atom stereocenters. The molecular formula is C35H40N4O. The number of azo groups is 2. The number of benzene rings is 4. The standard InChI is InChI=1S/C35H40N4O/c1-3-5-25-40-31-21-19-30(20-22-31)37-39-35-24-23-34(32-9-6-7-10-33(32)35)38-36-29-17-15-28(16-18-29)27-13-11-26(8-4-2)12-14-27/h6-7,9-10,15-24,26-27H,3-5,8,11-14,25H2,1-2H3. The van der Waals surface area contributed by atoms with E-state index in [1.54, 1.807) is 0 Å². The summed E-state index contributed by atoms with van der Waals surface area (Å²) in [7, 11) is 0. The van der Waals surface area contributed by atoms with Crippen LogP contribution in [0, 0.1) is 5.92 Å². The van der Waals surface area contributed by atoms with Gasteiger partial charge in [-0.25, -0.2) is 0 Å². The van der Waals surface area contributed by atoms with Crippen LogP contribution >= 0.6 is 0 Å². The Morgan fingerprint density at radius 3 is 1.75 bits per heavy atom. The number of ether oxygens (including phenoxy) is 1. The summed E-state index contributed by atoms with van der Waals surface area (Å²) in [6.45, 7) is 5.19. The lowest BCUT2D eigenvalue weighted by Crippen LogP contribution is -2.13. The van der Waals surface area contributed by atoms with E-state index in [-0.39, 0.29) is 0 Å². The van der Waals surface area contributed by atoms with Crippen molar-refractivity contribution in [2.75, 3.05) is 6.61 Å². The lowest BCUT2D eigenvalue weighted by Gasteiger charge is -2.28. The lowest BCUT2D eigenvalue weighted by molar-refractivity contribution is 0.308. The molecule has 0 heterocycles. The van der Waals surface area contributed by atoms with Crippen molar-refractivity contribution in [3.05, 3.63) is 90.5 Å². The SMILES string of the molecule is CCCCOc1ccc(N=Nc2ccc(N=Nc3ccc(C4CCC(CCC)CC4)cc3)c3ccccc23)cc1. The molecule has 0 amide bonds. The second-order valence-electron chi connectivity index (χ2n) is 10.8. The number of nitrogens with zero attached hydrogens (tertiary/aromatic N) is 4. The van der Waals surface area contributed by atoms with Gasteiger partial charge in [-0.15, -0.1) is 10.2 Å². The maximum Gasteiger partial charge on any atom is 0.119 e. The van der Waals surface area contributed by atoms with Gasteiger partial charge in [0.05, 0.1) is 29.4 Å². The molecule has 5 rings (SSSR count). The zero-order valence-electron chi connectivity index (χ0n) is 23.8. The summed E-state index contributed by atoms with van der Waals surface area (Å²) in [5, 5.41) is 20.2. The van der Waals surface area contributed by atoms with Crippen LogP contribution in [0.5, 0.6) is 5.75 Å². The van der Waals surface area contributed by atoms with Gasteiger partial charge >= 0.3 is 0 Å². The molecule has 1 saturated carbocycles. The predicted octanol–water partition coefficient (Wildman–Crippen LogP) is 11.9. The Morgan fingerprint density at radius 2 is 1.20 bits per heavy atom. The summed E-state index contributed by atoms with van der Waals surface area (Å²) in [5.74, 6) is 2.47. The van der Waals surface area contributed by atoms with Crippen molar-refractivity contribution >= 4 is 33.5 Å². The van der Waals surface area contributed by atoms with Gasteiger partial charge in [0.25, 0.3) is 0 Å². The molecule has 1 fully saturated rings. The van der Waals surface area contributed by atoms with E-state index < -0.39 is 0 Å². The predicted molar refractivity (Wildman–Crippen MR) is 165 cm³/mol. The average Bonchev–Trinajstić information content (AvgIpc) is 3.01. The normalized spacial score (nSPS) is 17.6. The monoisotopic (exact) mass is 532 g/mol. The number of rotatable bonds is 11. The third kappa shape index (κ3) is 7.20. The van der Waals surface area contributed by atoms with Crippen molar-refractivity contribution in [1.29, 1.82) is 0 Å². The number of hydrogen-bond donors (Lipinski definition) is 0. The van der Waals surface area contributed by atoms with E-state index in [1.165, 1.54) is 44.1 Å². The highest BCUT2D eigenvalue weighted by atomic mass is 16.5. The molecule has 0 saturated heterocycles. The molecule has 0 bridgehead atoms. The van der Waals surface area contributed by atoms with Crippen molar-refractivity contribution in [3.63, 3.8) is 0 Å². The molecule has 0 radical (unpaired) electrons. The fourth-order valence-electron chi connectivity index (χ4n) is 5.61. The van der Waals surface area contributed by atoms with E-state index >= 15 is 0 Å². The fourth-order valence-corrected chi connectivity index (χ4v) is 5.61. The van der Waals surface area contributed by atoms with Gasteiger partial charge in [-0.2, -0.15) is 10.2 Å². The molecular weight excluding hydrogens is 492 g/mol. The van der Waals surface area contributed by atoms with Crippen LogP contribution in [-0.4, -0.2) is 6.61 Å². The van der Waals surface area contributed by atoms with Crippen molar-refractivity contribution in [2.24, 2.45) is 26.4 Å². The van der Waals surface area contributed by atoms with Gasteiger partial charge in [0.15, 0.2) is 0 Å². The molecule has 4 aromatic rings. The Balaban J connectivity index is 1.26. The summed E-state index contributed by atoms with van der Waals surface area (Å²) in [6.07, 6.45) is 10.2. The maximum atomic E-state index is 5.74. The Labute approximate surface area is 238 Å². The summed E-state index contributed by atoms with van der Waals surface area (Å²) >= 11 is 0. The fraction of sp³-hybridized carbons (Fsp3) is 0.371. The zero-order chi connectivity index (χ0) is 27.6. The average molecular weight is 533 g/mol. The molecule has 1 aliphatic rings. The van der Waals surface area contributed by atoms with Crippen LogP contribution in [0.25, 0.3) is 10.8 Å². The topological polar surface area (TPSA) is 58.7 Å². The first-order valence-electron chi connectivity index (χ1n) is 14.9. The molecule has 0 aromatic heterocycles. The summed E-state index contributed by atoms with van der Waals surface area (Å²) in [4.78, 5) is 0. The van der Waals surface area contributed by atoms with Crippen LogP contribution in [0.15, 0.2) is 105 Å². The quantitative estimate of drug-likeness (QED) is 0.140. The number of hydrogen-bond acceptors (Lipinski definition) is 5. The highest BCUT2D eigenvalue weighted by molar-refractivity contribution is 5.99. The van der Waals surface area contributed by atoms with Crippen LogP contribution in [0.1, 0.15) is 76.7 Å². The van der Waals surface area contributed by atoms with Gasteiger partial charge in [-0.3, -0.25) is 0 Å². The molecule has 206 valence electrons. The number of unbranched alkanes of at least 4 members (excludes halogenated alkanes) is 1. The highest BCUT2D eigenvalue weighted by Gasteiger charge is 2.21. The van der Waals surface area contributed by atoms with E-state index in [1.807, 2.05) is 48.5 Å². The highest BCUT2D eigenvalue weighted by Crippen LogP contribution is 2.38. The van der Waals surface area contributed by atoms with E-state index in [4.69, 9.17) is 4.74 Å². The summed E-state index contributed by atoms with van der Waals surface area (Å²) in [6, 6.07) is 28.5. The second-order valence-corrected chi connectivity index (χ2v) is 10.8. The minimum absolute atomic E-state index is 0.682. The number of fused-ring (bicyclic) bond motifs is 1. The molecule has 40 heavy (non-hydrogen) atoms. The van der Waals surface area contributed by atoms with Crippen LogP contribution in [-0.2, 0) is 0 Å². The molecule has 0 aliphatic heterocycles. The first kappa shape index (κ1) is 27.7. The first-order chi connectivity index (χ1) is 19.7. The molecule has 1 aliphatic carbocycles. The van der Waals surface area contributed by atoms with E-state index in [9.17, 15) is 0 Å². The third-order valence-electron chi connectivity index (χ3n) is 7.94. The molecule has 5 nitrogen and oxygen atoms in total. The Bertz CT molecular complexity index is 1420. The van der Waals surface area contributed by atoms with Crippen molar-refractivity contribution in [3.8, 4) is 5.75 Å². The van der Waals surface area contributed by atoms with Gasteiger partial charge < -0.3 is 4.74 Å². The Morgan fingerprint density at radius 1 is 0.625 bits per heavy atom. The van der Waals surface area contributed by atoms with Gasteiger partial charge in [0, 0.05) is 10.8 Å². The minimum atomic E-state index is 0.682. The smallest absolute Gasteiger partial charge is 0.119 e. The van der Waals surface area contributed by atoms with Crippen molar-refractivity contribution in [2.45, 2.75) is 71.1 Å². The van der Waals surface area contributed by atoms with Crippen LogP contribution in [0.2, 0.25) is 0 Å². The van der Waals surface area contributed by atoms with Crippen LogP contribution in [0.3, 0.4) is 0 Å². The zero-order valence-corrected chi connectivity index (χ0v) is 23.8. The van der Waals surface area contributed by atoms with Crippen LogP contribution < -0.4 is 4.74 Å². The van der Waals surface area contributed by atoms with Crippen molar-refractivity contribution in [1.82, 2.24) is 0 Å². The Kier molecular flexibility index (Phi) is 9.68. The van der Waals surface area contributed by atoms with Gasteiger partial charge in [0.2, 0.25) is 0 Å². The Hall–Kier alpha value is -3.86. The molecule has 4 aromatic carbocycles. The van der Waals surface area contributed by atoms with Crippen molar-refractivity contribution < 1.29 is 4.74 Å². The molecule has 5 heteroatoms. The molecule has 0 spiro atoms. The summed E-state index contributed by atoms with van der Waals surface area (Å²) in [5.41, 5.74) is 4.72. The third-order valence-corrected chi connectivity index (χ3v) is 7.94. The van der Waals surface area contributed by atoms with E-state index in [0.29, 0.717) is 5.92 Å². The lowest BCUT2D eigenvalue weighted by atomic mass is 9.77.